The topological polar surface area (TPSA) is 62.4 Å². The van der Waals surface area contributed by atoms with E-state index in [9.17, 15) is 10.5 Å². The van der Waals surface area contributed by atoms with Crippen LogP contribution in [0.3, 0.4) is 0 Å². The molecule has 5 heteroatoms. The lowest BCUT2D eigenvalue weighted by atomic mass is 10.0. The van der Waals surface area contributed by atoms with Gasteiger partial charge in [-0.3, -0.25) is 0 Å². The third-order valence-corrected chi connectivity index (χ3v) is 11.1. The molecule has 0 bridgehead atoms. The Morgan fingerprint density at radius 3 is 1.35 bits per heavy atom. The Balaban J connectivity index is 1.06. The van der Waals surface area contributed by atoms with Crippen LogP contribution in [0.4, 0.5) is 0 Å². The summed E-state index contributed by atoms with van der Waals surface area (Å²) >= 11 is 0. The van der Waals surface area contributed by atoms with E-state index >= 15 is 0 Å². The molecular weight excluding hydrogens is 671 g/mol. The van der Waals surface area contributed by atoms with Crippen LogP contribution in [0.5, 0.6) is 0 Å². The van der Waals surface area contributed by atoms with Crippen LogP contribution < -0.4 is 0 Å². The number of nitriles is 2. The fourth-order valence-electron chi connectivity index (χ4n) is 8.67. The van der Waals surface area contributed by atoms with Gasteiger partial charge in [-0.2, -0.15) is 10.5 Å². The molecule has 5 nitrogen and oxygen atoms in total. The van der Waals surface area contributed by atoms with E-state index in [0.717, 1.165) is 71.8 Å². The van der Waals surface area contributed by atoms with Crippen molar-refractivity contribution in [2.75, 3.05) is 0 Å². The Morgan fingerprint density at radius 2 is 0.764 bits per heavy atom. The second-order valence-corrected chi connectivity index (χ2v) is 14.0. The minimum atomic E-state index is 0.593. The van der Waals surface area contributed by atoms with Gasteiger partial charge < -0.3 is 13.7 Å². The summed E-state index contributed by atoms with van der Waals surface area (Å²) in [5.74, 6) is 0. The number of nitrogens with zero attached hydrogens (tertiary/aromatic N) is 5. The molecule has 254 valence electrons. The van der Waals surface area contributed by atoms with E-state index < -0.39 is 0 Å². The Morgan fingerprint density at radius 1 is 0.291 bits per heavy atom. The smallest absolute Gasteiger partial charge is 0.0992 e. The summed E-state index contributed by atoms with van der Waals surface area (Å²) in [4.78, 5) is 0. The van der Waals surface area contributed by atoms with E-state index in [1.54, 1.807) is 0 Å². The van der Waals surface area contributed by atoms with Crippen molar-refractivity contribution >= 4 is 65.4 Å². The predicted molar refractivity (Wildman–Crippen MR) is 224 cm³/mol. The van der Waals surface area contributed by atoms with Crippen LogP contribution in [0.15, 0.2) is 176 Å². The van der Waals surface area contributed by atoms with Gasteiger partial charge in [-0.15, -0.1) is 0 Å². The molecule has 0 aliphatic rings. The number of hydrogen-bond donors (Lipinski definition) is 0. The number of para-hydroxylation sites is 4. The van der Waals surface area contributed by atoms with Crippen LogP contribution in [0.25, 0.3) is 93.6 Å². The maximum Gasteiger partial charge on any atom is 0.0992 e. The van der Waals surface area contributed by atoms with E-state index in [2.05, 4.69) is 165 Å². The number of benzene rings is 8. The summed E-state index contributed by atoms with van der Waals surface area (Å²) in [5, 5.41) is 27.0. The highest BCUT2D eigenvalue weighted by Gasteiger charge is 2.18. The van der Waals surface area contributed by atoms with Gasteiger partial charge in [0.2, 0.25) is 0 Å². The summed E-state index contributed by atoms with van der Waals surface area (Å²) in [6.07, 6.45) is 0. The first-order chi connectivity index (χ1) is 27.2. The molecule has 8 aromatic carbocycles. The van der Waals surface area contributed by atoms with Crippen molar-refractivity contribution in [3.8, 4) is 40.3 Å². The van der Waals surface area contributed by atoms with Crippen molar-refractivity contribution in [1.82, 2.24) is 13.7 Å². The molecule has 0 radical (unpaired) electrons. The van der Waals surface area contributed by atoms with Crippen molar-refractivity contribution < 1.29 is 0 Å². The average molecular weight is 700 g/mol. The summed E-state index contributed by atoms with van der Waals surface area (Å²) in [5.41, 5.74) is 12.8. The lowest BCUT2D eigenvalue weighted by molar-refractivity contribution is 1.16. The standard InChI is InChI=1S/C50H29N5/c51-30-32-17-23-43-41-11-3-5-13-45(41)53(50(43)27-32)36-20-18-34(19-21-36)35-25-33(31-52)26-38(28-35)55-48-16-8-4-12-42(48)44-29-37(22-24-49(44)55)54-46-14-6-1-9-39(46)40-10-2-7-15-47(40)54/h1-29H. The molecule has 0 atom stereocenters. The maximum atomic E-state index is 10.3. The summed E-state index contributed by atoms with van der Waals surface area (Å²) in [6.45, 7) is 0. The van der Waals surface area contributed by atoms with Crippen LogP contribution in [-0.2, 0) is 0 Å². The Bertz CT molecular complexity index is 3400. The van der Waals surface area contributed by atoms with Gasteiger partial charge in [0.05, 0.1) is 56.4 Å². The van der Waals surface area contributed by atoms with Crippen molar-refractivity contribution in [2.24, 2.45) is 0 Å². The molecule has 0 amide bonds. The normalized spacial score (nSPS) is 11.6. The van der Waals surface area contributed by atoms with Crippen LogP contribution >= 0.6 is 0 Å². The molecule has 55 heavy (non-hydrogen) atoms. The summed E-state index contributed by atoms with van der Waals surface area (Å²) < 4.78 is 6.86. The molecule has 0 unspecified atom stereocenters. The van der Waals surface area contributed by atoms with Crippen LogP contribution in [0.1, 0.15) is 11.1 Å². The first-order valence-electron chi connectivity index (χ1n) is 18.3. The van der Waals surface area contributed by atoms with Crippen LogP contribution in [-0.4, -0.2) is 13.7 Å². The third kappa shape index (κ3) is 4.58. The zero-order valence-electron chi connectivity index (χ0n) is 29.5. The molecule has 0 N–H and O–H groups in total. The highest BCUT2D eigenvalue weighted by molar-refractivity contribution is 6.13. The molecule has 0 aliphatic carbocycles. The monoisotopic (exact) mass is 699 g/mol. The Labute approximate surface area is 316 Å². The maximum absolute atomic E-state index is 10.3. The fourth-order valence-corrected chi connectivity index (χ4v) is 8.67. The van der Waals surface area contributed by atoms with Gasteiger partial charge in [0.1, 0.15) is 0 Å². The number of aromatic nitrogens is 3. The molecule has 3 aromatic heterocycles. The van der Waals surface area contributed by atoms with Gasteiger partial charge in [-0.1, -0.05) is 91.0 Å². The lowest BCUT2D eigenvalue weighted by Gasteiger charge is -2.13. The molecule has 0 aliphatic heterocycles. The minimum absolute atomic E-state index is 0.593. The molecule has 11 rings (SSSR count). The van der Waals surface area contributed by atoms with Crippen molar-refractivity contribution in [3.05, 3.63) is 187 Å². The second-order valence-electron chi connectivity index (χ2n) is 14.0. The summed E-state index contributed by atoms with van der Waals surface area (Å²) in [7, 11) is 0. The van der Waals surface area contributed by atoms with Gasteiger partial charge in [0, 0.05) is 49.4 Å². The molecule has 11 aromatic rings. The van der Waals surface area contributed by atoms with Crippen molar-refractivity contribution in [3.63, 3.8) is 0 Å². The number of hydrogen-bond acceptors (Lipinski definition) is 2. The summed E-state index contributed by atoms with van der Waals surface area (Å²) in [6, 6.07) is 66.0. The van der Waals surface area contributed by atoms with Crippen LogP contribution in [0, 0.1) is 22.7 Å². The molecule has 3 heterocycles. The van der Waals surface area contributed by atoms with Gasteiger partial charge in [-0.25, -0.2) is 0 Å². The van der Waals surface area contributed by atoms with E-state index in [-0.39, 0.29) is 0 Å². The molecule has 0 saturated heterocycles. The molecule has 0 fully saturated rings. The number of rotatable bonds is 4. The van der Waals surface area contributed by atoms with E-state index in [1.807, 2.05) is 36.4 Å². The number of fused-ring (bicyclic) bond motifs is 9. The highest BCUT2D eigenvalue weighted by atomic mass is 15.0. The van der Waals surface area contributed by atoms with Gasteiger partial charge in [-0.05, 0) is 96.1 Å². The first-order valence-corrected chi connectivity index (χ1v) is 18.3. The van der Waals surface area contributed by atoms with Gasteiger partial charge >= 0.3 is 0 Å². The highest BCUT2D eigenvalue weighted by Crippen LogP contribution is 2.38. The predicted octanol–water partition coefficient (Wildman–Crippen LogP) is 12.4. The Kier molecular flexibility index (Phi) is 6.61. The zero-order valence-corrected chi connectivity index (χ0v) is 29.5. The SMILES string of the molecule is N#Cc1cc(-c2ccc(-n3c4ccccc4c4ccc(C#N)cc43)cc2)cc(-n2c3ccccc3c3cc(-n4c5ccccc5c5ccccc54)ccc32)c1. The van der Waals surface area contributed by atoms with Gasteiger partial charge in [0.25, 0.3) is 0 Å². The van der Waals surface area contributed by atoms with E-state index in [1.165, 1.54) is 21.8 Å². The van der Waals surface area contributed by atoms with Gasteiger partial charge in [0.15, 0.2) is 0 Å². The fraction of sp³-hybridized carbons (Fsp3) is 0. The third-order valence-electron chi connectivity index (χ3n) is 11.1. The molecular formula is C50H29N5. The van der Waals surface area contributed by atoms with Crippen LogP contribution in [0.2, 0.25) is 0 Å². The van der Waals surface area contributed by atoms with Crippen molar-refractivity contribution in [1.29, 1.82) is 10.5 Å². The lowest BCUT2D eigenvalue weighted by Crippen LogP contribution is -1.97. The first kappa shape index (κ1) is 30.7. The largest absolute Gasteiger partial charge is 0.309 e. The Hall–Kier alpha value is -7.86. The van der Waals surface area contributed by atoms with E-state index in [0.29, 0.717) is 11.1 Å². The average Bonchev–Trinajstić information content (AvgIpc) is 3.88. The van der Waals surface area contributed by atoms with E-state index in [4.69, 9.17) is 0 Å². The second kappa shape index (κ2) is 11.8. The zero-order chi connectivity index (χ0) is 36.6. The minimum Gasteiger partial charge on any atom is -0.309 e. The molecule has 0 spiro atoms. The van der Waals surface area contributed by atoms with Crippen molar-refractivity contribution in [2.45, 2.75) is 0 Å². The molecule has 0 saturated carbocycles. The quantitative estimate of drug-likeness (QED) is 0.184.